The van der Waals surface area contributed by atoms with E-state index in [2.05, 4.69) is 0 Å². The van der Waals surface area contributed by atoms with Crippen LogP contribution >= 0.6 is 0 Å². The second-order valence-electron chi connectivity index (χ2n) is 5.43. The summed E-state index contributed by atoms with van der Waals surface area (Å²) >= 11 is 0. The quantitative estimate of drug-likeness (QED) is 0.844. The average Bonchev–Trinajstić information content (AvgIpc) is 2.46. The molecular formula is C16H19NO5. The Morgan fingerprint density at radius 2 is 2.23 bits per heavy atom. The van der Waals surface area contributed by atoms with Crippen LogP contribution in [-0.4, -0.2) is 37.2 Å². The molecule has 118 valence electrons. The Bertz CT molecular complexity index is 621. The van der Waals surface area contributed by atoms with E-state index in [0.717, 1.165) is 6.08 Å². The van der Waals surface area contributed by atoms with Crippen molar-refractivity contribution in [2.45, 2.75) is 13.8 Å². The first-order chi connectivity index (χ1) is 10.4. The van der Waals surface area contributed by atoms with E-state index in [4.69, 9.17) is 14.6 Å². The summed E-state index contributed by atoms with van der Waals surface area (Å²) in [6, 6.07) is 3.42. The van der Waals surface area contributed by atoms with E-state index in [-0.39, 0.29) is 12.5 Å². The number of methoxy groups -OCH3 is 1. The Labute approximate surface area is 128 Å². The van der Waals surface area contributed by atoms with Gasteiger partial charge in [-0.2, -0.15) is 0 Å². The molecule has 1 aromatic rings. The second kappa shape index (κ2) is 6.51. The summed E-state index contributed by atoms with van der Waals surface area (Å²) in [4.78, 5) is 24.4. The van der Waals surface area contributed by atoms with Crippen molar-refractivity contribution in [2.24, 2.45) is 5.92 Å². The molecule has 1 heterocycles. The number of aliphatic carboxylic acids is 1. The summed E-state index contributed by atoms with van der Waals surface area (Å²) in [7, 11) is 1.51. The molecule has 0 aliphatic carbocycles. The third kappa shape index (κ3) is 3.39. The molecule has 1 N–H and O–H groups in total. The molecule has 0 saturated carbocycles. The number of hydrogen-bond donors (Lipinski definition) is 1. The van der Waals surface area contributed by atoms with Crippen LogP contribution in [0.1, 0.15) is 19.4 Å². The predicted octanol–water partition coefficient (Wildman–Crippen LogP) is 2.17. The zero-order valence-electron chi connectivity index (χ0n) is 12.8. The highest BCUT2D eigenvalue weighted by Crippen LogP contribution is 2.42. The van der Waals surface area contributed by atoms with Crippen LogP contribution in [0, 0.1) is 5.92 Å². The largest absolute Gasteiger partial charge is 0.493 e. The molecular weight excluding hydrogens is 286 g/mol. The smallest absolute Gasteiger partial charge is 0.328 e. The molecule has 0 bridgehead atoms. The number of nitrogens with zero attached hydrogens (tertiary/aromatic N) is 1. The van der Waals surface area contributed by atoms with Crippen LogP contribution < -0.4 is 14.4 Å². The molecule has 6 nitrogen and oxygen atoms in total. The summed E-state index contributed by atoms with van der Waals surface area (Å²) in [5, 5.41) is 8.75. The minimum absolute atomic E-state index is 0.0274. The maximum absolute atomic E-state index is 12.1. The lowest BCUT2D eigenvalue weighted by Gasteiger charge is -2.31. The summed E-state index contributed by atoms with van der Waals surface area (Å²) < 4.78 is 10.8. The highest BCUT2D eigenvalue weighted by Gasteiger charge is 2.29. The summed E-state index contributed by atoms with van der Waals surface area (Å²) in [6.45, 7) is 4.58. The minimum Gasteiger partial charge on any atom is -0.493 e. The molecule has 0 spiro atoms. The topological polar surface area (TPSA) is 76.1 Å². The minimum atomic E-state index is -1.04. The number of benzene rings is 1. The second-order valence-corrected chi connectivity index (χ2v) is 5.43. The monoisotopic (exact) mass is 305 g/mol. The van der Waals surface area contributed by atoms with Crippen molar-refractivity contribution in [3.05, 3.63) is 23.8 Å². The SMILES string of the molecule is COc1cc(/C=C/C(=O)O)cc2c1OCC(=O)N2CC(C)C. The van der Waals surface area contributed by atoms with Crippen LogP contribution in [0.5, 0.6) is 11.5 Å². The van der Waals surface area contributed by atoms with Crippen molar-refractivity contribution < 1.29 is 24.2 Å². The van der Waals surface area contributed by atoms with Crippen molar-refractivity contribution in [3.63, 3.8) is 0 Å². The highest BCUT2D eigenvalue weighted by molar-refractivity contribution is 5.99. The molecule has 0 saturated heterocycles. The number of anilines is 1. The number of carboxylic acid groups (broad SMARTS) is 1. The van der Waals surface area contributed by atoms with Gasteiger partial charge in [0.05, 0.1) is 12.8 Å². The van der Waals surface area contributed by atoms with Gasteiger partial charge in [0.1, 0.15) is 0 Å². The van der Waals surface area contributed by atoms with Gasteiger partial charge in [0.25, 0.3) is 5.91 Å². The Morgan fingerprint density at radius 3 is 2.82 bits per heavy atom. The average molecular weight is 305 g/mol. The maximum atomic E-state index is 12.1. The van der Waals surface area contributed by atoms with Crippen LogP contribution in [0.4, 0.5) is 5.69 Å². The molecule has 0 unspecified atom stereocenters. The molecule has 0 aromatic heterocycles. The molecule has 1 aromatic carbocycles. The normalized spacial score (nSPS) is 14.2. The number of carbonyl (C=O) groups is 2. The van der Waals surface area contributed by atoms with Crippen molar-refractivity contribution in [3.8, 4) is 11.5 Å². The van der Waals surface area contributed by atoms with Gasteiger partial charge >= 0.3 is 5.97 Å². The number of carbonyl (C=O) groups excluding carboxylic acids is 1. The van der Waals surface area contributed by atoms with Crippen LogP contribution in [0.2, 0.25) is 0 Å². The van der Waals surface area contributed by atoms with Crippen molar-refractivity contribution >= 4 is 23.6 Å². The van der Waals surface area contributed by atoms with Crippen LogP contribution in [0.15, 0.2) is 18.2 Å². The van der Waals surface area contributed by atoms with Crippen LogP contribution in [-0.2, 0) is 9.59 Å². The molecule has 0 fully saturated rings. The first kappa shape index (κ1) is 15.9. The van der Waals surface area contributed by atoms with Gasteiger partial charge in [0.2, 0.25) is 0 Å². The number of hydrogen-bond acceptors (Lipinski definition) is 4. The first-order valence-corrected chi connectivity index (χ1v) is 6.98. The summed E-state index contributed by atoms with van der Waals surface area (Å²) in [5.41, 5.74) is 1.24. The fourth-order valence-corrected chi connectivity index (χ4v) is 2.28. The van der Waals surface area contributed by atoms with E-state index in [9.17, 15) is 9.59 Å². The van der Waals surface area contributed by atoms with E-state index >= 15 is 0 Å². The Hall–Kier alpha value is -2.50. The van der Waals surface area contributed by atoms with Gasteiger partial charge in [-0.05, 0) is 29.7 Å². The number of ether oxygens (including phenoxy) is 2. The van der Waals surface area contributed by atoms with Gasteiger partial charge in [-0.15, -0.1) is 0 Å². The Balaban J connectivity index is 2.50. The molecule has 22 heavy (non-hydrogen) atoms. The summed E-state index contributed by atoms with van der Waals surface area (Å²) in [5.74, 6) is 0.115. The Morgan fingerprint density at radius 1 is 1.50 bits per heavy atom. The fourth-order valence-electron chi connectivity index (χ4n) is 2.28. The Kier molecular flexibility index (Phi) is 4.70. The van der Waals surface area contributed by atoms with Gasteiger partial charge in [0.15, 0.2) is 18.1 Å². The van der Waals surface area contributed by atoms with Gasteiger partial charge in [-0.3, -0.25) is 4.79 Å². The molecule has 1 aliphatic rings. The van der Waals surface area contributed by atoms with Crippen LogP contribution in [0.25, 0.3) is 6.08 Å². The van der Waals surface area contributed by atoms with Gasteiger partial charge in [-0.25, -0.2) is 4.79 Å². The van der Waals surface area contributed by atoms with E-state index in [1.54, 1.807) is 17.0 Å². The third-order valence-electron chi connectivity index (χ3n) is 3.18. The predicted molar refractivity (Wildman–Crippen MR) is 82.3 cm³/mol. The lowest BCUT2D eigenvalue weighted by Crippen LogP contribution is -2.41. The molecule has 1 aliphatic heterocycles. The number of amides is 1. The molecule has 0 radical (unpaired) electrons. The third-order valence-corrected chi connectivity index (χ3v) is 3.18. The maximum Gasteiger partial charge on any atom is 0.328 e. The van der Waals surface area contributed by atoms with E-state index in [1.807, 2.05) is 13.8 Å². The van der Waals surface area contributed by atoms with Crippen molar-refractivity contribution in [1.82, 2.24) is 0 Å². The zero-order chi connectivity index (χ0) is 16.3. The summed E-state index contributed by atoms with van der Waals surface area (Å²) in [6.07, 6.45) is 2.50. The molecule has 0 atom stereocenters. The lowest BCUT2D eigenvalue weighted by molar-refractivity contribution is -0.131. The molecule has 2 rings (SSSR count). The molecule has 6 heteroatoms. The van der Waals surface area contributed by atoms with Crippen molar-refractivity contribution in [1.29, 1.82) is 0 Å². The zero-order valence-corrected chi connectivity index (χ0v) is 12.8. The first-order valence-electron chi connectivity index (χ1n) is 6.98. The van der Waals surface area contributed by atoms with E-state index in [0.29, 0.717) is 35.2 Å². The highest BCUT2D eigenvalue weighted by atomic mass is 16.5. The van der Waals surface area contributed by atoms with Gasteiger partial charge in [-0.1, -0.05) is 13.8 Å². The van der Waals surface area contributed by atoms with Gasteiger partial charge < -0.3 is 19.5 Å². The van der Waals surface area contributed by atoms with E-state index < -0.39 is 5.97 Å². The van der Waals surface area contributed by atoms with Crippen molar-refractivity contribution in [2.75, 3.05) is 25.2 Å². The number of rotatable bonds is 5. The fraction of sp³-hybridized carbons (Fsp3) is 0.375. The number of carboxylic acids is 1. The molecule has 1 amide bonds. The lowest BCUT2D eigenvalue weighted by atomic mass is 10.1. The number of fused-ring (bicyclic) bond motifs is 1. The standard InChI is InChI=1S/C16H19NO5/c1-10(2)8-17-12-6-11(4-5-15(19)20)7-13(21-3)16(12)22-9-14(17)18/h4-7,10H,8-9H2,1-3H3,(H,19,20)/b5-4+. The van der Waals surface area contributed by atoms with Crippen LogP contribution in [0.3, 0.4) is 0 Å². The van der Waals surface area contributed by atoms with E-state index in [1.165, 1.54) is 13.2 Å². The van der Waals surface area contributed by atoms with Gasteiger partial charge in [0, 0.05) is 12.6 Å².